The first-order valence-electron chi connectivity index (χ1n) is 5.77. The van der Waals surface area contributed by atoms with Crippen LogP contribution in [-0.4, -0.2) is 32.1 Å². The SMILES string of the molecule is COc1cc(C=O)cc(OC)c1C(=O)OC(C)(C)C. The van der Waals surface area contributed by atoms with Gasteiger partial charge >= 0.3 is 5.97 Å². The lowest BCUT2D eigenvalue weighted by molar-refractivity contribution is 0.00632. The molecule has 0 radical (unpaired) electrons. The number of hydrogen-bond acceptors (Lipinski definition) is 5. The standard InChI is InChI=1S/C14H18O5/c1-14(2,3)19-13(16)12-10(17-4)6-9(8-15)7-11(12)18-5/h6-8H,1-5H3. The molecule has 0 heterocycles. The first kappa shape index (κ1) is 15.0. The molecule has 1 aromatic carbocycles. The summed E-state index contributed by atoms with van der Waals surface area (Å²) in [6.07, 6.45) is 0.657. The van der Waals surface area contributed by atoms with Crippen LogP contribution in [0.1, 0.15) is 41.5 Å². The van der Waals surface area contributed by atoms with Crippen LogP contribution in [0.15, 0.2) is 12.1 Å². The van der Waals surface area contributed by atoms with Gasteiger partial charge in [0.1, 0.15) is 28.9 Å². The highest BCUT2D eigenvalue weighted by molar-refractivity contribution is 5.97. The largest absolute Gasteiger partial charge is 0.496 e. The lowest BCUT2D eigenvalue weighted by atomic mass is 10.1. The van der Waals surface area contributed by atoms with Gasteiger partial charge in [0.25, 0.3) is 0 Å². The van der Waals surface area contributed by atoms with Crippen molar-refractivity contribution < 1.29 is 23.8 Å². The van der Waals surface area contributed by atoms with Gasteiger partial charge in [-0.2, -0.15) is 0 Å². The van der Waals surface area contributed by atoms with Crippen molar-refractivity contribution >= 4 is 12.3 Å². The number of hydrogen-bond donors (Lipinski definition) is 0. The second kappa shape index (κ2) is 5.73. The van der Waals surface area contributed by atoms with Crippen LogP contribution in [0.25, 0.3) is 0 Å². The fourth-order valence-corrected chi connectivity index (χ4v) is 1.53. The average molecular weight is 266 g/mol. The molecule has 1 rings (SSSR count). The van der Waals surface area contributed by atoms with Gasteiger partial charge in [0.2, 0.25) is 0 Å². The summed E-state index contributed by atoms with van der Waals surface area (Å²) in [6, 6.07) is 2.93. The monoisotopic (exact) mass is 266 g/mol. The molecule has 0 N–H and O–H groups in total. The zero-order valence-electron chi connectivity index (χ0n) is 11.8. The molecule has 0 aliphatic rings. The van der Waals surface area contributed by atoms with E-state index in [0.29, 0.717) is 11.8 Å². The Kier molecular flexibility index (Phi) is 4.53. The maximum atomic E-state index is 12.1. The Labute approximate surface area is 112 Å². The van der Waals surface area contributed by atoms with Crippen LogP contribution in [0.2, 0.25) is 0 Å². The number of aldehydes is 1. The van der Waals surface area contributed by atoms with Crippen molar-refractivity contribution in [2.24, 2.45) is 0 Å². The smallest absolute Gasteiger partial charge is 0.346 e. The van der Waals surface area contributed by atoms with Crippen LogP contribution in [0.3, 0.4) is 0 Å². The second-order valence-corrected chi connectivity index (χ2v) is 4.92. The molecular weight excluding hydrogens is 248 g/mol. The van der Waals surface area contributed by atoms with Crippen molar-refractivity contribution in [3.8, 4) is 11.5 Å². The van der Waals surface area contributed by atoms with E-state index >= 15 is 0 Å². The summed E-state index contributed by atoms with van der Waals surface area (Å²) in [7, 11) is 2.83. The minimum absolute atomic E-state index is 0.172. The Bertz CT molecular complexity index is 460. The molecule has 0 aliphatic carbocycles. The third kappa shape index (κ3) is 3.71. The van der Waals surface area contributed by atoms with E-state index in [4.69, 9.17) is 14.2 Å². The van der Waals surface area contributed by atoms with E-state index < -0.39 is 11.6 Å². The zero-order chi connectivity index (χ0) is 14.6. The highest BCUT2D eigenvalue weighted by Gasteiger charge is 2.25. The van der Waals surface area contributed by atoms with E-state index in [-0.39, 0.29) is 17.1 Å². The van der Waals surface area contributed by atoms with E-state index in [0.717, 1.165) is 0 Å². The summed E-state index contributed by atoms with van der Waals surface area (Å²) in [5.74, 6) is -0.0648. The molecule has 0 spiro atoms. The van der Waals surface area contributed by atoms with Crippen molar-refractivity contribution in [2.75, 3.05) is 14.2 Å². The molecular formula is C14H18O5. The molecule has 0 unspecified atom stereocenters. The molecule has 5 heteroatoms. The van der Waals surface area contributed by atoms with Gasteiger partial charge < -0.3 is 14.2 Å². The van der Waals surface area contributed by atoms with Crippen LogP contribution < -0.4 is 9.47 Å². The van der Waals surface area contributed by atoms with Gasteiger partial charge in [0.15, 0.2) is 0 Å². The molecule has 0 saturated carbocycles. The summed E-state index contributed by atoms with van der Waals surface area (Å²) >= 11 is 0. The minimum atomic E-state index is -0.629. The number of ether oxygens (including phenoxy) is 3. The van der Waals surface area contributed by atoms with E-state index in [2.05, 4.69) is 0 Å². The zero-order valence-corrected chi connectivity index (χ0v) is 11.8. The van der Waals surface area contributed by atoms with E-state index in [1.807, 2.05) is 0 Å². The van der Waals surface area contributed by atoms with Crippen molar-refractivity contribution in [2.45, 2.75) is 26.4 Å². The molecule has 0 fully saturated rings. The van der Waals surface area contributed by atoms with Crippen LogP contribution >= 0.6 is 0 Å². The van der Waals surface area contributed by atoms with Crippen LogP contribution in [-0.2, 0) is 4.74 Å². The van der Waals surface area contributed by atoms with Crippen molar-refractivity contribution in [3.05, 3.63) is 23.3 Å². The van der Waals surface area contributed by atoms with Crippen LogP contribution in [0.4, 0.5) is 0 Å². The topological polar surface area (TPSA) is 61.8 Å². The maximum Gasteiger partial charge on any atom is 0.346 e. The predicted octanol–water partition coefficient (Wildman–Crippen LogP) is 2.47. The predicted molar refractivity (Wildman–Crippen MR) is 70.1 cm³/mol. The number of rotatable bonds is 4. The van der Waals surface area contributed by atoms with Gasteiger partial charge in [-0.1, -0.05) is 0 Å². The number of carbonyl (C=O) groups is 2. The summed E-state index contributed by atoms with van der Waals surface area (Å²) in [5, 5.41) is 0. The third-order valence-electron chi connectivity index (χ3n) is 2.27. The molecule has 0 aliphatic heterocycles. The van der Waals surface area contributed by atoms with Crippen molar-refractivity contribution in [1.29, 1.82) is 0 Å². The summed E-state index contributed by atoms with van der Waals surface area (Å²) in [5.41, 5.74) is -0.0947. The average Bonchev–Trinajstić information content (AvgIpc) is 2.34. The first-order chi connectivity index (χ1) is 8.82. The fourth-order valence-electron chi connectivity index (χ4n) is 1.53. The molecule has 19 heavy (non-hydrogen) atoms. The minimum Gasteiger partial charge on any atom is -0.496 e. The number of esters is 1. The summed E-state index contributed by atoms with van der Waals surface area (Å²) in [4.78, 5) is 23.0. The summed E-state index contributed by atoms with van der Waals surface area (Å²) in [6.45, 7) is 5.30. The Morgan fingerprint density at radius 2 is 1.58 bits per heavy atom. The maximum absolute atomic E-state index is 12.1. The molecule has 0 atom stereocenters. The highest BCUT2D eigenvalue weighted by atomic mass is 16.6. The Morgan fingerprint density at radius 3 is 1.89 bits per heavy atom. The molecule has 104 valence electrons. The second-order valence-electron chi connectivity index (χ2n) is 4.92. The van der Waals surface area contributed by atoms with Gasteiger partial charge in [-0.3, -0.25) is 4.79 Å². The fraction of sp³-hybridized carbons (Fsp3) is 0.429. The number of methoxy groups -OCH3 is 2. The van der Waals surface area contributed by atoms with Gasteiger partial charge in [-0.25, -0.2) is 4.79 Å². The van der Waals surface area contributed by atoms with Crippen molar-refractivity contribution in [1.82, 2.24) is 0 Å². The highest BCUT2D eigenvalue weighted by Crippen LogP contribution is 2.31. The van der Waals surface area contributed by atoms with Crippen molar-refractivity contribution in [3.63, 3.8) is 0 Å². The Balaban J connectivity index is 3.31. The molecule has 0 amide bonds. The van der Waals surface area contributed by atoms with Gasteiger partial charge in [0.05, 0.1) is 14.2 Å². The van der Waals surface area contributed by atoms with Gasteiger partial charge in [-0.15, -0.1) is 0 Å². The lowest BCUT2D eigenvalue weighted by Gasteiger charge is -2.21. The molecule has 1 aromatic rings. The molecule has 0 bridgehead atoms. The quantitative estimate of drug-likeness (QED) is 0.619. The van der Waals surface area contributed by atoms with Crippen LogP contribution in [0, 0.1) is 0 Å². The molecule has 0 aromatic heterocycles. The first-order valence-corrected chi connectivity index (χ1v) is 5.77. The Hall–Kier alpha value is -2.04. The number of benzene rings is 1. The number of carbonyl (C=O) groups excluding carboxylic acids is 2. The lowest BCUT2D eigenvalue weighted by Crippen LogP contribution is -2.24. The summed E-state index contributed by atoms with van der Waals surface area (Å²) < 4.78 is 15.5. The Morgan fingerprint density at radius 1 is 1.11 bits per heavy atom. The van der Waals surface area contributed by atoms with E-state index in [1.165, 1.54) is 26.4 Å². The normalized spacial score (nSPS) is 10.8. The molecule has 0 saturated heterocycles. The van der Waals surface area contributed by atoms with Gasteiger partial charge in [0, 0.05) is 5.56 Å². The molecule has 5 nitrogen and oxygen atoms in total. The van der Waals surface area contributed by atoms with Gasteiger partial charge in [-0.05, 0) is 32.9 Å². The van der Waals surface area contributed by atoms with E-state index in [1.54, 1.807) is 20.8 Å². The van der Waals surface area contributed by atoms with E-state index in [9.17, 15) is 9.59 Å². The van der Waals surface area contributed by atoms with Crippen LogP contribution in [0.5, 0.6) is 11.5 Å². The third-order valence-corrected chi connectivity index (χ3v) is 2.27.